The van der Waals surface area contributed by atoms with Crippen LogP contribution in [-0.2, 0) is 6.54 Å². The first kappa shape index (κ1) is 16.5. The number of likely N-dealkylation sites (tertiary alicyclic amines) is 1. The van der Waals surface area contributed by atoms with Crippen LogP contribution in [0.25, 0.3) is 5.65 Å². The zero-order valence-corrected chi connectivity index (χ0v) is 14.5. The molecule has 0 aliphatic carbocycles. The number of piperidine rings is 1. The van der Waals surface area contributed by atoms with Crippen LogP contribution in [0.15, 0.2) is 53.8 Å². The summed E-state index contributed by atoms with van der Waals surface area (Å²) < 4.78 is 3.36. The van der Waals surface area contributed by atoms with Gasteiger partial charge in [-0.05, 0) is 43.4 Å². The number of carbonyl (C=O) groups excluding carboxylic acids is 1. The van der Waals surface area contributed by atoms with Crippen molar-refractivity contribution in [1.29, 1.82) is 0 Å². The highest BCUT2D eigenvalue weighted by Crippen LogP contribution is 2.22. The largest absolute Gasteiger partial charge is 0.338 e. The molecule has 0 aromatic carbocycles. The highest BCUT2D eigenvalue weighted by molar-refractivity contribution is 5.93. The lowest BCUT2D eigenvalue weighted by atomic mass is 9.93. The molecule has 26 heavy (non-hydrogen) atoms. The number of hydrogen-bond donors (Lipinski definition) is 0. The standard InChI is InChI=1S/C19H21N5O2/c25-18(16-14-20-17-4-1-2-10-24(17)19(16)26)22-11-5-15(6-12-22)7-13-23-9-3-8-21-23/h1-4,8-10,14-15H,5-7,11-13H2. The van der Waals surface area contributed by atoms with Crippen LogP contribution >= 0.6 is 0 Å². The lowest BCUT2D eigenvalue weighted by Crippen LogP contribution is -2.41. The fourth-order valence-electron chi connectivity index (χ4n) is 3.52. The molecule has 0 spiro atoms. The molecule has 1 fully saturated rings. The molecular formula is C19H21N5O2. The van der Waals surface area contributed by atoms with Gasteiger partial charge >= 0.3 is 0 Å². The number of hydrogen-bond acceptors (Lipinski definition) is 4. The van der Waals surface area contributed by atoms with E-state index in [2.05, 4.69) is 10.1 Å². The summed E-state index contributed by atoms with van der Waals surface area (Å²) in [4.78, 5) is 31.4. The smallest absolute Gasteiger partial charge is 0.270 e. The molecule has 0 atom stereocenters. The Morgan fingerprint density at radius 2 is 2.00 bits per heavy atom. The maximum absolute atomic E-state index is 12.8. The fourth-order valence-corrected chi connectivity index (χ4v) is 3.52. The van der Waals surface area contributed by atoms with Crippen LogP contribution in [0, 0.1) is 5.92 Å². The number of fused-ring (bicyclic) bond motifs is 1. The maximum Gasteiger partial charge on any atom is 0.270 e. The number of aromatic nitrogens is 4. The fraction of sp³-hybridized carbons (Fsp3) is 0.368. The van der Waals surface area contributed by atoms with Gasteiger partial charge in [-0.15, -0.1) is 0 Å². The maximum atomic E-state index is 12.8. The number of nitrogens with zero attached hydrogens (tertiary/aromatic N) is 5. The third kappa shape index (κ3) is 3.24. The molecule has 0 bridgehead atoms. The summed E-state index contributed by atoms with van der Waals surface area (Å²) in [6.07, 6.45) is 9.78. The predicted octanol–water partition coefficient (Wildman–Crippen LogP) is 1.83. The first-order valence-corrected chi connectivity index (χ1v) is 8.95. The highest BCUT2D eigenvalue weighted by Gasteiger charge is 2.25. The summed E-state index contributed by atoms with van der Waals surface area (Å²) in [5, 5.41) is 4.23. The molecule has 1 saturated heterocycles. The van der Waals surface area contributed by atoms with Crippen LogP contribution in [-0.4, -0.2) is 43.1 Å². The Labute approximate surface area is 150 Å². The second-order valence-electron chi connectivity index (χ2n) is 6.70. The zero-order valence-electron chi connectivity index (χ0n) is 14.5. The average molecular weight is 351 g/mol. The molecule has 134 valence electrons. The van der Waals surface area contributed by atoms with E-state index in [9.17, 15) is 9.59 Å². The lowest BCUT2D eigenvalue weighted by Gasteiger charge is -2.31. The first-order chi connectivity index (χ1) is 12.7. The van der Waals surface area contributed by atoms with Gasteiger partial charge in [-0.25, -0.2) is 4.98 Å². The van der Waals surface area contributed by atoms with Gasteiger partial charge in [0.1, 0.15) is 11.2 Å². The number of pyridine rings is 1. The van der Waals surface area contributed by atoms with Gasteiger partial charge in [0.2, 0.25) is 0 Å². The minimum absolute atomic E-state index is 0.142. The summed E-state index contributed by atoms with van der Waals surface area (Å²) in [6, 6.07) is 7.25. The van der Waals surface area contributed by atoms with Gasteiger partial charge in [0.25, 0.3) is 11.5 Å². The van der Waals surface area contributed by atoms with E-state index in [0.29, 0.717) is 24.7 Å². The summed E-state index contributed by atoms with van der Waals surface area (Å²) in [5.74, 6) is 0.366. The van der Waals surface area contributed by atoms with Crippen molar-refractivity contribution >= 4 is 11.6 Å². The molecule has 4 rings (SSSR count). The van der Waals surface area contributed by atoms with Crippen molar-refractivity contribution in [2.75, 3.05) is 13.1 Å². The summed E-state index contributed by atoms with van der Waals surface area (Å²) in [5.41, 5.74) is 0.386. The van der Waals surface area contributed by atoms with Crippen molar-refractivity contribution in [2.24, 2.45) is 5.92 Å². The molecule has 1 aliphatic rings. The average Bonchev–Trinajstić information content (AvgIpc) is 3.20. The number of rotatable bonds is 4. The van der Waals surface area contributed by atoms with Crippen molar-refractivity contribution in [2.45, 2.75) is 25.8 Å². The quantitative estimate of drug-likeness (QED) is 0.719. The molecule has 1 aliphatic heterocycles. The third-order valence-corrected chi connectivity index (χ3v) is 5.07. The Morgan fingerprint density at radius 1 is 1.15 bits per heavy atom. The first-order valence-electron chi connectivity index (χ1n) is 8.95. The Hall–Kier alpha value is -2.96. The molecule has 0 unspecified atom stereocenters. The summed E-state index contributed by atoms with van der Waals surface area (Å²) in [6.45, 7) is 2.26. The van der Waals surface area contributed by atoms with Crippen molar-refractivity contribution < 1.29 is 4.79 Å². The third-order valence-electron chi connectivity index (χ3n) is 5.07. The van der Waals surface area contributed by atoms with Gasteiger partial charge in [-0.1, -0.05) is 6.07 Å². The SMILES string of the molecule is O=C(c1cnc2ccccn2c1=O)N1CCC(CCn2cccn2)CC1. The molecule has 0 N–H and O–H groups in total. The van der Waals surface area contributed by atoms with Crippen molar-refractivity contribution in [3.05, 3.63) is 65.0 Å². The topological polar surface area (TPSA) is 72.5 Å². The number of carbonyl (C=O) groups is 1. The molecule has 3 aromatic rings. The van der Waals surface area contributed by atoms with E-state index in [1.54, 1.807) is 29.4 Å². The molecule has 3 aromatic heterocycles. The van der Waals surface area contributed by atoms with E-state index in [4.69, 9.17) is 0 Å². The molecular weight excluding hydrogens is 330 g/mol. The van der Waals surface area contributed by atoms with Gasteiger partial charge in [-0.2, -0.15) is 5.10 Å². The summed E-state index contributed by atoms with van der Waals surface area (Å²) in [7, 11) is 0. The van der Waals surface area contributed by atoms with Crippen LogP contribution in [0.5, 0.6) is 0 Å². The van der Waals surface area contributed by atoms with Crippen molar-refractivity contribution in [1.82, 2.24) is 24.1 Å². The Kier molecular flexibility index (Phi) is 4.51. The second kappa shape index (κ2) is 7.11. The van der Waals surface area contributed by atoms with E-state index >= 15 is 0 Å². The van der Waals surface area contributed by atoms with Crippen LogP contribution in [0.4, 0.5) is 0 Å². The van der Waals surface area contributed by atoms with Gasteiger partial charge in [0, 0.05) is 44.4 Å². The zero-order chi connectivity index (χ0) is 17.9. The Balaban J connectivity index is 1.40. The minimum atomic E-state index is -0.304. The van der Waals surface area contributed by atoms with E-state index in [1.165, 1.54) is 10.6 Å². The van der Waals surface area contributed by atoms with Crippen LogP contribution < -0.4 is 5.56 Å². The number of aryl methyl sites for hydroxylation is 1. The summed E-state index contributed by atoms with van der Waals surface area (Å²) >= 11 is 0. The minimum Gasteiger partial charge on any atom is -0.338 e. The van der Waals surface area contributed by atoms with Crippen molar-refractivity contribution in [3.8, 4) is 0 Å². The van der Waals surface area contributed by atoms with Crippen LogP contribution in [0.1, 0.15) is 29.6 Å². The molecule has 0 saturated carbocycles. The van der Waals surface area contributed by atoms with Crippen molar-refractivity contribution in [3.63, 3.8) is 0 Å². The molecule has 0 radical (unpaired) electrons. The van der Waals surface area contributed by atoms with Gasteiger partial charge in [0.05, 0.1) is 0 Å². The van der Waals surface area contributed by atoms with E-state index < -0.39 is 0 Å². The Morgan fingerprint density at radius 3 is 2.77 bits per heavy atom. The molecule has 7 heteroatoms. The lowest BCUT2D eigenvalue weighted by molar-refractivity contribution is 0.0682. The van der Waals surface area contributed by atoms with Gasteiger partial charge in [0.15, 0.2) is 0 Å². The molecule has 7 nitrogen and oxygen atoms in total. The normalized spacial score (nSPS) is 15.5. The van der Waals surface area contributed by atoms with E-state index in [0.717, 1.165) is 25.8 Å². The molecule has 1 amide bonds. The predicted molar refractivity (Wildman–Crippen MR) is 96.9 cm³/mol. The van der Waals surface area contributed by atoms with E-state index in [-0.39, 0.29) is 17.0 Å². The monoisotopic (exact) mass is 351 g/mol. The highest BCUT2D eigenvalue weighted by atomic mass is 16.2. The number of amides is 1. The second-order valence-corrected chi connectivity index (χ2v) is 6.70. The molecule has 4 heterocycles. The van der Waals surface area contributed by atoms with E-state index in [1.807, 2.05) is 23.0 Å². The Bertz CT molecular complexity index is 955. The van der Waals surface area contributed by atoms with Gasteiger partial charge in [-0.3, -0.25) is 18.7 Å². The van der Waals surface area contributed by atoms with Crippen LogP contribution in [0.3, 0.4) is 0 Å². The van der Waals surface area contributed by atoms with Crippen LogP contribution in [0.2, 0.25) is 0 Å². The van der Waals surface area contributed by atoms with Gasteiger partial charge < -0.3 is 4.90 Å².